The van der Waals surface area contributed by atoms with E-state index in [1.54, 1.807) is 6.07 Å². The third kappa shape index (κ3) is 2.86. The van der Waals surface area contributed by atoms with E-state index < -0.39 is 11.2 Å². The Morgan fingerprint density at radius 3 is 2.65 bits per heavy atom. The summed E-state index contributed by atoms with van der Waals surface area (Å²) in [5.41, 5.74) is 0. The van der Waals surface area contributed by atoms with E-state index in [-0.39, 0.29) is 9.37 Å². The van der Waals surface area contributed by atoms with Crippen LogP contribution >= 0.6 is 23.1 Å². The van der Waals surface area contributed by atoms with Crippen LogP contribution in [0.5, 0.6) is 0 Å². The number of pyridine rings is 1. The maximum Gasteiger partial charge on any atom is 0.445 e. The average Bonchev–Trinajstić information content (AvgIpc) is 2.69. The Balaban J connectivity index is 2.21. The SMILES string of the molecule is [O-][n+]1ccccc1Sc1nnc(C(F)(F)F)s1. The van der Waals surface area contributed by atoms with Gasteiger partial charge in [-0.2, -0.15) is 17.9 Å². The van der Waals surface area contributed by atoms with Crippen molar-refractivity contribution in [3.8, 4) is 0 Å². The van der Waals surface area contributed by atoms with Gasteiger partial charge in [-0.3, -0.25) is 0 Å². The lowest BCUT2D eigenvalue weighted by Crippen LogP contribution is -2.27. The van der Waals surface area contributed by atoms with E-state index >= 15 is 0 Å². The van der Waals surface area contributed by atoms with Crippen LogP contribution in [0, 0.1) is 5.21 Å². The Kier molecular flexibility index (Phi) is 3.20. The molecule has 2 rings (SSSR count). The fraction of sp³-hybridized carbons (Fsp3) is 0.125. The summed E-state index contributed by atoms with van der Waals surface area (Å²) in [5, 5.41) is 16.9. The summed E-state index contributed by atoms with van der Waals surface area (Å²) in [7, 11) is 0. The maximum absolute atomic E-state index is 12.3. The van der Waals surface area contributed by atoms with Gasteiger partial charge < -0.3 is 5.21 Å². The van der Waals surface area contributed by atoms with Crippen LogP contribution in [0.15, 0.2) is 33.8 Å². The van der Waals surface area contributed by atoms with E-state index in [4.69, 9.17) is 0 Å². The van der Waals surface area contributed by atoms with Gasteiger partial charge in [0, 0.05) is 23.9 Å². The smallest absolute Gasteiger partial charge is 0.445 e. The summed E-state index contributed by atoms with van der Waals surface area (Å²) in [6.07, 6.45) is -3.24. The van der Waals surface area contributed by atoms with Gasteiger partial charge >= 0.3 is 6.18 Å². The van der Waals surface area contributed by atoms with Crippen molar-refractivity contribution >= 4 is 23.1 Å². The molecule has 2 aromatic rings. The van der Waals surface area contributed by atoms with E-state index in [1.165, 1.54) is 18.3 Å². The molecule has 90 valence electrons. The lowest BCUT2D eigenvalue weighted by atomic mass is 10.5. The molecule has 0 aliphatic rings. The molecular weight excluding hydrogens is 275 g/mol. The molecule has 0 spiro atoms. The predicted octanol–water partition coefficient (Wildman–Crippen LogP) is 2.34. The summed E-state index contributed by atoms with van der Waals surface area (Å²) in [5.74, 6) is 0. The van der Waals surface area contributed by atoms with Crippen molar-refractivity contribution in [2.45, 2.75) is 15.5 Å². The van der Waals surface area contributed by atoms with Gasteiger partial charge in [0.2, 0.25) is 5.01 Å². The molecule has 0 aliphatic heterocycles. The lowest BCUT2D eigenvalue weighted by Gasteiger charge is -1.99. The highest BCUT2D eigenvalue weighted by Gasteiger charge is 2.35. The fourth-order valence-electron chi connectivity index (χ4n) is 0.947. The molecule has 9 heteroatoms. The van der Waals surface area contributed by atoms with Crippen molar-refractivity contribution in [2.75, 3.05) is 0 Å². The van der Waals surface area contributed by atoms with Crippen LogP contribution in [0.4, 0.5) is 13.2 Å². The molecule has 0 radical (unpaired) electrons. The van der Waals surface area contributed by atoms with Gasteiger partial charge in [0.1, 0.15) is 0 Å². The summed E-state index contributed by atoms with van der Waals surface area (Å²) in [4.78, 5) is 0. The molecule has 0 fully saturated rings. The highest BCUT2D eigenvalue weighted by atomic mass is 32.2. The number of hydrogen-bond acceptors (Lipinski definition) is 5. The van der Waals surface area contributed by atoms with Crippen LogP contribution in [0.1, 0.15) is 5.01 Å². The molecule has 2 heterocycles. The van der Waals surface area contributed by atoms with Crippen molar-refractivity contribution in [1.29, 1.82) is 0 Å². The molecule has 17 heavy (non-hydrogen) atoms. The van der Waals surface area contributed by atoms with Crippen LogP contribution < -0.4 is 4.73 Å². The molecule has 0 saturated carbocycles. The monoisotopic (exact) mass is 279 g/mol. The quantitative estimate of drug-likeness (QED) is 0.625. The Labute approximate surface area is 102 Å². The molecule has 2 aromatic heterocycles. The van der Waals surface area contributed by atoms with Crippen molar-refractivity contribution in [2.24, 2.45) is 0 Å². The first-order valence-corrected chi connectivity index (χ1v) is 5.87. The van der Waals surface area contributed by atoms with Gasteiger partial charge in [-0.1, -0.05) is 11.3 Å². The first-order valence-electron chi connectivity index (χ1n) is 4.23. The zero-order valence-electron chi connectivity index (χ0n) is 8.01. The minimum Gasteiger partial charge on any atom is -0.618 e. The van der Waals surface area contributed by atoms with Gasteiger partial charge in [0.15, 0.2) is 10.5 Å². The van der Waals surface area contributed by atoms with Gasteiger partial charge in [0.25, 0.3) is 5.03 Å². The Bertz CT molecular complexity index is 529. The molecule has 0 N–H and O–H groups in total. The van der Waals surface area contributed by atoms with Crippen molar-refractivity contribution < 1.29 is 17.9 Å². The van der Waals surface area contributed by atoms with E-state index in [0.29, 0.717) is 16.1 Å². The molecule has 4 nitrogen and oxygen atoms in total. The largest absolute Gasteiger partial charge is 0.618 e. The number of halogens is 3. The minimum atomic E-state index is -4.50. The summed E-state index contributed by atoms with van der Waals surface area (Å²) in [6, 6.07) is 4.63. The van der Waals surface area contributed by atoms with Crippen LogP contribution in [0.2, 0.25) is 0 Å². The first-order chi connectivity index (χ1) is 7.97. The fourth-order valence-corrected chi connectivity index (χ4v) is 2.61. The van der Waals surface area contributed by atoms with Crippen molar-refractivity contribution in [3.05, 3.63) is 34.6 Å². The third-order valence-electron chi connectivity index (χ3n) is 1.63. The van der Waals surface area contributed by atoms with Gasteiger partial charge in [0.05, 0.1) is 0 Å². The molecule has 0 amide bonds. The highest BCUT2D eigenvalue weighted by Crippen LogP contribution is 2.35. The normalized spacial score (nSPS) is 11.7. The number of nitrogens with zero attached hydrogens (tertiary/aromatic N) is 3. The molecule has 0 saturated heterocycles. The summed E-state index contributed by atoms with van der Waals surface area (Å²) < 4.78 is 37.4. The number of hydrogen-bond donors (Lipinski definition) is 0. The van der Waals surface area contributed by atoms with E-state index in [1.807, 2.05) is 0 Å². The van der Waals surface area contributed by atoms with Crippen molar-refractivity contribution in [1.82, 2.24) is 10.2 Å². The van der Waals surface area contributed by atoms with Crippen LogP contribution in [0.25, 0.3) is 0 Å². The summed E-state index contributed by atoms with van der Waals surface area (Å²) >= 11 is 1.25. The predicted molar refractivity (Wildman–Crippen MR) is 54.4 cm³/mol. The van der Waals surface area contributed by atoms with Crippen molar-refractivity contribution in [3.63, 3.8) is 0 Å². The van der Waals surface area contributed by atoms with Gasteiger partial charge in [-0.25, -0.2) is 0 Å². The van der Waals surface area contributed by atoms with Crippen LogP contribution in [-0.4, -0.2) is 10.2 Å². The molecule has 0 atom stereocenters. The van der Waals surface area contributed by atoms with E-state index in [2.05, 4.69) is 10.2 Å². The minimum absolute atomic E-state index is 0.0770. The number of alkyl halides is 3. The Morgan fingerprint density at radius 2 is 2.06 bits per heavy atom. The molecule has 0 bridgehead atoms. The second kappa shape index (κ2) is 4.49. The average molecular weight is 279 g/mol. The second-order valence-electron chi connectivity index (χ2n) is 2.84. The zero-order chi connectivity index (χ0) is 12.5. The van der Waals surface area contributed by atoms with Gasteiger partial charge in [-0.15, -0.1) is 10.2 Å². The lowest BCUT2D eigenvalue weighted by molar-refractivity contribution is -0.645. The van der Waals surface area contributed by atoms with Crippen LogP contribution in [0.3, 0.4) is 0 Å². The standard InChI is InChI=1S/C8H4F3N3OS2/c9-8(10,11)6-12-13-7(17-6)16-5-3-1-2-4-14(5)15/h1-4H. The maximum atomic E-state index is 12.3. The number of rotatable bonds is 2. The van der Waals surface area contributed by atoms with E-state index in [0.717, 1.165) is 11.8 Å². The zero-order valence-corrected chi connectivity index (χ0v) is 9.64. The molecule has 0 aliphatic carbocycles. The topological polar surface area (TPSA) is 52.7 Å². The molecule has 0 aromatic carbocycles. The number of aromatic nitrogens is 3. The van der Waals surface area contributed by atoms with Gasteiger partial charge in [-0.05, 0) is 6.07 Å². The third-order valence-corrected chi connectivity index (χ3v) is 3.67. The second-order valence-corrected chi connectivity index (χ2v) is 5.08. The highest BCUT2D eigenvalue weighted by molar-refractivity contribution is 8.00. The van der Waals surface area contributed by atoms with E-state index in [9.17, 15) is 18.4 Å². The molecule has 0 unspecified atom stereocenters. The summed E-state index contributed by atoms with van der Waals surface area (Å²) in [6.45, 7) is 0. The Morgan fingerprint density at radius 1 is 1.29 bits per heavy atom. The Hall–Kier alpha value is -1.35. The first kappa shape index (κ1) is 12.1. The molecular formula is C8H4F3N3OS2. The van der Waals surface area contributed by atoms with Crippen LogP contribution in [-0.2, 0) is 6.18 Å².